The molecule has 2 heteroatoms. The summed E-state index contributed by atoms with van der Waals surface area (Å²) in [6, 6.07) is 78.2. The van der Waals surface area contributed by atoms with E-state index in [9.17, 15) is 0 Å². The number of nitrogens with zero attached hydrogens (tertiary/aromatic N) is 2. The van der Waals surface area contributed by atoms with Gasteiger partial charge in [-0.05, 0) is 87.7 Å². The Labute approximate surface area is 347 Å². The minimum Gasteiger partial charge on any atom is -0.228 e. The molecule has 0 fully saturated rings. The number of hydrogen-bond donors (Lipinski definition) is 0. The highest BCUT2D eigenvalue weighted by Crippen LogP contribution is 2.56. The van der Waals surface area contributed by atoms with Crippen LogP contribution in [0.1, 0.15) is 36.1 Å². The molecule has 2 nitrogen and oxygen atoms in total. The van der Waals surface area contributed by atoms with Gasteiger partial charge in [-0.1, -0.05) is 212 Å². The molecular weight excluding hydrogens is 713 g/mol. The maximum Gasteiger partial charge on any atom is 0.160 e. The largest absolute Gasteiger partial charge is 0.228 e. The van der Waals surface area contributed by atoms with Gasteiger partial charge in [-0.2, -0.15) is 0 Å². The highest BCUT2D eigenvalue weighted by Gasteiger charge is 2.46. The Bertz CT molecular complexity index is 2760. The predicted octanol–water partition coefficient (Wildman–Crippen LogP) is 14.8. The molecule has 59 heavy (non-hydrogen) atoms. The quantitative estimate of drug-likeness (QED) is 0.151. The number of fused-ring (bicyclic) bond motifs is 3. The zero-order valence-electron chi connectivity index (χ0n) is 33.3. The molecule has 1 aromatic heterocycles. The van der Waals surface area contributed by atoms with E-state index in [1.807, 2.05) is 62.4 Å². The third-order valence-electron chi connectivity index (χ3n) is 11.3. The normalized spacial score (nSPS) is 12.3. The third kappa shape index (κ3) is 7.11. The van der Waals surface area contributed by atoms with Crippen LogP contribution in [0, 0.1) is 0 Å². The summed E-state index contributed by atoms with van der Waals surface area (Å²) >= 11 is 0. The lowest BCUT2D eigenvalue weighted by Crippen LogP contribution is -2.28. The number of hydrogen-bond acceptors (Lipinski definition) is 2. The summed E-state index contributed by atoms with van der Waals surface area (Å²) in [5.41, 5.74) is 16.9. The minimum absolute atomic E-state index is 0.424. The first-order chi connectivity index (χ1) is 29.2. The first-order valence-electron chi connectivity index (χ1n) is 20.3. The number of benzene rings is 8. The van der Waals surface area contributed by atoms with Gasteiger partial charge in [-0.25, -0.2) is 9.97 Å². The highest BCUT2D eigenvalue weighted by atomic mass is 14.9. The molecule has 1 heterocycles. The van der Waals surface area contributed by atoms with E-state index in [-0.39, 0.29) is 0 Å². The lowest BCUT2D eigenvalue weighted by Gasteiger charge is -2.34. The Morgan fingerprint density at radius 2 is 0.763 bits per heavy atom. The Balaban J connectivity index is 0.00000108. The molecule has 0 amide bonds. The van der Waals surface area contributed by atoms with Crippen molar-refractivity contribution >= 4 is 0 Å². The molecule has 0 bridgehead atoms. The van der Waals surface area contributed by atoms with Gasteiger partial charge in [0.05, 0.1) is 16.8 Å². The molecule has 9 aromatic rings. The van der Waals surface area contributed by atoms with Gasteiger partial charge >= 0.3 is 0 Å². The van der Waals surface area contributed by atoms with E-state index in [0.717, 1.165) is 39.2 Å². The highest BCUT2D eigenvalue weighted by molar-refractivity contribution is 5.88. The summed E-state index contributed by atoms with van der Waals surface area (Å²) in [4.78, 5) is 10.1. The Morgan fingerprint density at radius 1 is 0.322 bits per heavy atom. The number of aromatic nitrogens is 2. The van der Waals surface area contributed by atoms with E-state index >= 15 is 0 Å². The molecule has 10 rings (SSSR count). The summed E-state index contributed by atoms with van der Waals surface area (Å²) in [6.45, 7) is 4.00. The van der Waals surface area contributed by atoms with Crippen LogP contribution in [0.2, 0.25) is 0 Å². The maximum atomic E-state index is 5.08. The van der Waals surface area contributed by atoms with Crippen molar-refractivity contribution in [2.24, 2.45) is 0 Å². The lowest BCUT2D eigenvalue weighted by atomic mass is 9.67. The van der Waals surface area contributed by atoms with Crippen LogP contribution in [0.25, 0.3) is 67.3 Å². The fraction of sp³-hybridized carbons (Fsp3) is 0.0526. The first-order valence-corrected chi connectivity index (χ1v) is 20.3. The van der Waals surface area contributed by atoms with Gasteiger partial charge in [0.15, 0.2) is 5.82 Å². The minimum atomic E-state index is -0.424. The zero-order valence-corrected chi connectivity index (χ0v) is 33.3. The fourth-order valence-corrected chi connectivity index (χ4v) is 8.41. The smallest absolute Gasteiger partial charge is 0.160 e. The van der Waals surface area contributed by atoms with Crippen LogP contribution in [0.5, 0.6) is 0 Å². The molecule has 0 aliphatic heterocycles. The summed E-state index contributed by atoms with van der Waals surface area (Å²) in [6.07, 6.45) is 4.00. The molecule has 0 spiro atoms. The second kappa shape index (κ2) is 16.6. The van der Waals surface area contributed by atoms with E-state index in [4.69, 9.17) is 9.97 Å². The topological polar surface area (TPSA) is 25.8 Å². The van der Waals surface area contributed by atoms with Crippen LogP contribution in [0.3, 0.4) is 0 Å². The molecule has 0 unspecified atom stereocenters. The van der Waals surface area contributed by atoms with Crippen LogP contribution in [-0.2, 0) is 5.41 Å². The van der Waals surface area contributed by atoms with E-state index in [2.05, 4.69) is 182 Å². The average Bonchev–Trinajstić information content (AvgIpc) is 3.63. The van der Waals surface area contributed by atoms with Gasteiger partial charge in [0.2, 0.25) is 0 Å². The van der Waals surface area contributed by atoms with Crippen LogP contribution in [0.15, 0.2) is 231 Å². The molecule has 0 saturated carbocycles. The molecule has 8 aromatic carbocycles. The van der Waals surface area contributed by atoms with Gasteiger partial charge in [-0.3, -0.25) is 0 Å². The van der Waals surface area contributed by atoms with Gasteiger partial charge < -0.3 is 0 Å². The van der Waals surface area contributed by atoms with Crippen molar-refractivity contribution in [3.8, 4) is 67.3 Å². The monoisotopic (exact) mass is 756 g/mol. The van der Waals surface area contributed by atoms with Crippen LogP contribution >= 0.6 is 0 Å². The Morgan fingerprint density at radius 3 is 1.36 bits per heavy atom. The van der Waals surface area contributed by atoms with Crippen molar-refractivity contribution in [2.75, 3.05) is 0 Å². The molecule has 1 aliphatic rings. The second-order valence-corrected chi connectivity index (χ2v) is 14.8. The molecule has 0 atom stereocenters. The summed E-state index contributed by atoms with van der Waals surface area (Å²) in [5.74, 6) is 0.715. The second-order valence-electron chi connectivity index (χ2n) is 14.8. The average molecular weight is 757 g/mol. The van der Waals surface area contributed by atoms with E-state index in [1.54, 1.807) is 0 Å². The first kappa shape index (κ1) is 37.2. The molecule has 282 valence electrons. The van der Waals surface area contributed by atoms with E-state index < -0.39 is 5.41 Å². The Kier molecular flexibility index (Phi) is 10.5. The van der Waals surface area contributed by atoms with E-state index in [0.29, 0.717) is 5.82 Å². The lowest BCUT2D eigenvalue weighted by molar-refractivity contribution is 0.769. The number of allylic oxidation sites excluding steroid dienone is 2. The molecule has 1 aliphatic carbocycles. The Hall–Kier alpha value is -7.42. The van der Waals surface area contributed by atoms with Crippen molar-refractivity contribution < 1.29 is 0 Å². The third-order valence-corrected chi connectivity index (χ3v) is 11.3. The number of rotatable bonds is 7. The van der Waals surface area contributed by atoms with Crippen LogP contribution in [-0.4, -0.2) is 9.97 Å². The van der Waals surface area contributed by atoms with E-state index in [1.165, 1.54) is 44.5 Å². The van der Waals surface area contributed by atoms with Crippen molar-refractivity contribution in [3.63, 3.8) is 0 Å². The maximum absolute atomic E-state index is 5.08. The van der Waals surface area contributed by atoms with Crippen molar-refractivity contribution in [3.05, 3.63) is 253 Å². The summed E-state index contributed by atoms with van der Waals surface area (Å²) < 4.78 is 0. The van der Waals surface area contributed by atoms with Crippen LogP contribution < -0.4 is 0 Å². The predicted molar refractivity (Wildman–Crippen MR) is 247 cm³/mol. The molecule has 0 saturated heterocycles. The zero-order chi connectivity index (χ0) is 40.0. The van der Waals surface area contributed by atoms with Gasteiger partial charge in [0, 0.05) is 16.7 Å². The summed E-state index contributed by atoms with van der Waals surface area (Å²) in [5, 5.41) is 0. The van der Waals surface area contributed by atoms with Crippen LogP contribution in [0.4, 0.5) is 0 Å². The summed E-state index contributed by atoms with van der Waals surface area (Å²) in [7, 11) is 0. The van der Waals surface area contributed by atoms with Crippen molar-refractivity contribution in [1.82, 2.24) is 9.97 Å². The molecular formula is C57H44N2. The van der Waals surface area contributed by atoms with Gasteiger partial charge in [0.1, 0.15) is 0 Å². The molecule has 0 N–H and O–H groups in total. The van der Waals surface area contributed by atoms with Gasteiger partial charge in [0.25, 0.3) is 0 Å². The fourth-order valence-electron chi connectivity index (χ4n) is 8.41. The SMILES string of the molecule is C/C=C\C.c1ccc(-c2cc(-c3cccc(-c4ccc(-c5ccc6c(c5)C(c5ccccc5)(c5ccccc5)c5ccccc5-6)cc4)c3)nc(-c3ccccc3)n2)cc1. The van der Waals surface area contributed by atoms with Crippen molar-refractivity contribution in [1.29, 1.82) is 0 Å². The molecule has 0 radical (unpaired) electrons. The van der Waals surface area contributed by atoms with Crippen molar-refractivity contribution in [2.45, 2.75) is 19.3 Å². The van der Waals surface area contributed by atoms with Gasteiger partial charge in [-0.15, -0.1) is 0 Å². The standard InChI is InChI=1S/C53H36N2.C4H8/c1-5-16-39(17-6-1)50-36-51(55-52(54-50)40-18-7-2-8-19-40)43-21-15-20-41(34-43)37-28-30-38(31-29-37)42-32-33-47-46-26-13-14-27-48(46)53(49(47)35-42,44-22-9-3-10-23-44)45-24-11-4-12-25-45;1-3-4-2/h1-36H;3-4H,1-2H3/b;4-3-.